The van der Waals surface area contributed by atoms with E-state index in [9.17, 15) is 4.79 Å². The highest BCUT2D eigenvalue weighted by molar-refractivity contribution is 6.42. The van der Waals surface area contributed by atoms with Gasteiger partial charge in [0.05, 0.1) is 16.1 Å². The van der Waals surface area contributed by atoms with Gasteiger partial charge in [0.15, 0.2) is 0 Å². The van der Waals surface area contributed by atoms with Crippen LogP contribution in [-0.4, -0.2) is 43.2 Å². The molecule has 1 N–H and O–H groups in total. The zero-order valence-electron chi connectivity index (χ0n) is 19.6. The molecule has 1 aliphatic carbocycles. The Hall–Kier alpha value is -2.63. The van der Waals surface area contributed by atoms with Crippen LogP contribution in [0.4, 0.5) is 0 Å². The van der Waals surface area contributed by atoms with Crippen molar-refractivity contribution in [2.45, 2.75) is 31.5 Å². The van der Waals surface area contributed by atoms with Gasteiger partial charge in [-0.3, -0.25) is 4.79 Å². The van der Waals surface area contributed by atoms with Gasteiger partial charge in [-0.15, -0.1) is 0 Å². The molecule has 0 bridgehead atoms. The number of nitrogens with zero attached hydrogens (tertiary/aromatic N) is 1. The maximum Gasteiger partial charge on any atom is 0.252 e. The third-order valence-corrected chi connectivity index (χ3v) is 7.58. The lowest BCUT2D eigenvalue weighted by Crippen LogP contribution is -2.43. The van der Waals surface area contributed by atoms with Crippen molar-refractivity contribution in [3.63, 3.8) is 0 Å². The minimum atomic E-state index is -0.218. The fraction of sp³-hybridized carbons (Fsp3) is 0.276. The van der Waals surface area contributed by atoms with Crippen LogP contribution in [-0.2, 0) is 16.1 Å². The van der Waals surface area contributed by atoms with Crippen LogP contribution >= 0.6 is 23.2 Å². The maximum atomic E-state index is 14.1. The number of hydrogen-bond donors (Lipinski definition) is 1. The highest BCUT2D eigenvalue weighted by atomic mass is 35.5. The van der Waals surface area contributed by atoms with E-state index >= 15 is 0 Å². The molecule has 0 aromatic heterocycles. The Bertz CT molecular complexity index is 1250. The highest BCUT2D eigenvalue weighted by Crippen LogP contribution is 2.36. The van der Waals surface area contributed by atoms with Gasteiger partial charge in [0, 0.05) is 38.4 Å². The number of nitrogens with one attached hydrogen (secondary N) is 1. The number of benzene rings is 3. The lowest BCUT2D eigenvalue weighted by molar-refractivity contribution is -0.128. The molecule has 5 rings (SSSR count). The van der Waals surface area contributed by atoms with Crippen LogP contribution in [0.2, 0.25) is 10.0 Å². The lowest BCUT2D eigenvalue weighted by atomic mass is 9.89. The van der Waals surface area contributed by atoms with Gasteiger partial charge < -0.3 is 15.0 Å². The van der Waals surface area contributed by atoms with Crippen molar-refractivity contribution in [2.24, 2.45) is 0 Å². The average molecular weight is 507 g/mol. The first kappa shape index (κ1) is 24.1. The summed E-state index contributed by atoms with van der Waals surface area (Å²) in [7, 11) is 1.70. The van der Waals surface area contributed by atoms with Gasteiger partial charge >= 0.3 is 0 Å². The summed E-state index contributed by atoms with van der Waals surface area (Å²) in [5.74, 6) is 0.0258. The number of rotatable bonds is 7. The van der Waals surface area contributed by atoms with E-state index in [2.05, 4.69) is 35.6 Å². The highest BCUT2D eigenvalue weighted by Gasteiger charge is 2.37. The van der Waals surface area contributed by atoms with Crippen molar-refractivity contribution < 1.29 is 9.53 Å². The maximum absolute atomic E-state index is 14.1. The molecule has 1 aliphatic heterocycles. The van der Waals surface area contributed by atoms with E-state index < -0.39 is 0 Å². The molecule has 1 atom stereocenters. The van der Waals surface area contributed by atoms with E-state index in [0.717, 1.165) is 46.2 Å². The minimum absolute atomic E-state index is 0.0258. The topological polar surface area (TPSA) is 41.6 Å². The fourth-order valence-corrected chi connectivity index (χ4v) is 5.13. The van der Waals surface area contributed by atoms with Crippen LogP contribution in [0.1, 0.15) is 24.0 Å². The second-order valence-corrected chi connectivity index (χ2v) is 9.86. The quantitative estimate of drug-likeness (QED) is 0.413. The summed E-state index contributed by atoms with van der Waals surface area (Å²) in [4.78, 5) is 16.0. The van der Waals surface area contributed by atoms with Gasteiger partial charge in [-0.05, 0) is 52.8 Å². The molecule has 6 heteroatoms. The van der Waals surface area contributed by atoms with Gasteiger partial charge in [-0.1, -0.05) is 83.9 Å². The van der Waals surface area contributed by atoms with Crippen molar-refractivity contribution in [3.8, 4) is 11.1 Å². The van der Waals surface area contributed by atoms with Crippen molar-refractivity contribution in [2.75, 3.05) is 20.2 Å². The molecule has 3 aromatic rings. The first-order valence-corrected chi connectivity index (χ1v) is 12.7. The molecule has 4 nitrogen and oxygen atoms in total. The Morgan fingerprint density at radius 2 is 1.69 bits per heavy atom. The Kier molecular flexibility index (Phi) is 7.26. The molecule has 3 aromatic carbocycles. The second-order valence-electron chi connectivity index (χ2n) is 9.07. The van der Waals surface area contributed by atoms with E-state index in [1.807, 2.05) is 41.3 Å². The molecule has 180 valence electrons. The molecule has 1 heterocycles. The number of hydrogen-bond acceptors (Lipinski definition) is 3. The van der Waals surface area contributed by atoms with Crippen molar-refractivity contribution in [1.29, 1.82) is 0 Å². The number of ether oxygens (including phenoxy) is 1. The first-order valence-electron chi connectivity index (χ1n) is 11.9. The zero-order chi connectivity index (χ0) is 24.4. The third-order valence-electron chi connectivity index (χ3n) is 6.72. The summed E-state index contributed by atoms with van der Waals surface area (Å²) >= 11 is 12.7. The molecular weight excluding hydrogens is 479 g/mol. The molecule has 1 saturated carbocycles. The van der Waals surface area contributed by atoms with Crippen molar-refractivity contribution in [3.05, 3.63) is 99.5 Å². The minimum Gasteiger partial charge on any atom is -0.375 e. The molecule has 2 aliphatic rings. The van der Waals surface area contributed by atoms with Crippen LogP contribution in [0.25, 0.3) is 16.7 Å². The summed E-state index contributed by atoms with van der Waals surface area (Å²) in [6.45, 7) is 1.58. The lowest BCUT2D eigenvalue weighted by Gasteiger charge is -2.32. The third kappa shape index (κ3) is 5.17. The standard InChI is InChI=1S/C29H28Cl2N2O2/c1-35-26-17-32-16-24(27(26)21-10-5-9-20(15-21)19-7-3-2-4-8-19)29(34)33(23-13-14-23)18-22-11-6-12-25(30)28(22)31/h2-12,15,23,26,32H,13-14,16-18H2,1H3. The molecule has 0 spiro atoms. The van der Waals surface area contributed by atoms with Gasteiger partial charge in [-0.2, -0.15) is 0 Å². The Balaban J connectivity index is 1.55. The largest absolute Gasteiger partial charge is 0.375 e. The molecule has 1 fully saturated rings. The summed E-state index contributed by atoms with van der Waals surface area (Å²) in [5.41, 5.74) is 5.83. The van der Waals surface area contributed by atoms with E-state index in [0.29, 0.717) is 29.7 Å². The SMILES string of the molecule is COC1CNCC(C(=O)N(Cc2cccc(Cl)c2Cl)C2CC2)=C1c1cccc(-c2ccccc2)c1. The van der Waals surface area contributed by atoms with Crippen LogP contribution in [0.3, 0.4) is 0 Å². The fourth-order valence-electron chi connectivity index (χ4n) is 4.75. The van der Waals surface area contributed by atoms with Crippen LogP contribution in [0.5, 0.6) is 0 Å². The monoisotopic (exact) mass is 506 g/mol. The second kappa shape index (κ2) is 10.5. The Morgan fingerprint density at radius 1 is 0.971 bits per heavy atom. The molecule has 0 radical (unpaired) electrons. The van der Waals surface area contributed by atoms with Gasteiger partial charge in [-0.25, -0.2) is 0 Å². The Labute approximate surface area is 216 Å². The summed E-state index contributed by atoms with van der Waals surface area (Å²) in [6, 6.07) is 24.4. The van der Waals surface area contributed by atoms with Gasteiger partial charge in [0.2, 0.25) is 0 Å². The number of carbonyl (C=O) groups excluding carboxylic acids is 1. The van der Waals surface area contributed by atoms with Crippen LogP contribution < -0.4 is 5.32 Å². The molecule has 1 unspecified atom stereocenters. The van der Waals surface area contributed by atoms with Crippen molar-refractivity contribution in [1.82, 2.24) is 10.2 Å². The molecule has 0 saturated heterocycles. The number of methoxy groups -OCH3 is 1. The Morgan fingerprint density at radius 3 is 2.43 bits per heavy atom. The predicted molar refractivity (Wildman–Crippen MR) is 142 cm³/mol. The number of carbonyl (C=O) groups is 1. The van der Waals surface area contributed by atoms with E-state index in [1.165, 1.54) is 0 Å². The first-order chi connectivity index (χ1) is 17.1. The predicted octanol–water partition coefficient (Wildman–Crippen LogP) is 6.22. The zero-order valence-corrected chi connectivity index (χ0v) is 21.1. The smallest absolute Gasteiger partial charge is 0.252 e. The normalized spacial score (nSPS) is 18.0. The molecule has 35 heavy (non-hydrogen) atoms. The van der Waals surface area contributed by atoms with Crippen LogP contribution in [0, 0.1) is 0 Å². The summed E-state index contributed by atoms with van der Waals surface area (Å²) in [5, 5.41) is 4.40. The molecule has 1 amide bonds. The average Bonchev–Trinajstić information content (AvgIpc) is 3.74. The van der Waals surface area contributed by atoms with Crippen molar-refractivity contribution >= 4 is 34.7 Å². The van der Waals surface area contributed by atoms with E-state index in [4.69, 9.17) is 27.9 Å². The molecular formula is C29H28Cl2N2O2. The van der Waals surface area contributed by atoms with Crippen LogP contribution in [0.15, 0.2) is 78.4 Å². The van der Waals surface area contributed by atoms with E-state index in [1.54, 1.807) is 13.2 Å². The number of halogens is 2. The summed E-state index contributed by atoms with van der Waals surface area (Å²) in [6.07, 6.45) is 1.78. The number of amides is 1. The van der Waals surface area contributed by atoms with E-state index in [-0.39, 0.29) is 18.1 Å². The van der Waals surface area contributed by atoms with Gasteiger partial charge in [0.1, 0.15) is 0 Å². The summed E-state index contributed by atoms with van der Waals surface area (Å²) < 4.78 is 5.86. The van der Waals surface area contributed by atoms with Gasteiger partial charge in [0.25, 0.3) is 5.91 Å².